The maximum absolute atomic E-state index is 11.1. The first-order valence-electron chi connectivity index (χ1n) is 5.85. The number of hydrogen-bond acceptors (Lipinski definition) is 4. The minimum absolute atomic E-state index is 0.233. The first kappa shape index (κ1) is 12.9. The lowest BCUT2D eigenvalue weighted by Gasteiger charge is -2.16. The maximum atomic E-state index is 11.1. The van der Waals surface area contributed by atoms with Crippen LogP contribution in [-0.2, 0) is 10.8 Å². The highest BCUT2D eigenvalue weighted by Gasteiger charge is 2.08. The molecule has 0 saturated carbocycles. The zero-order valence-corrected chi connectivity index (χ0v) is 11.4. The van der Waals surface area contributed by atoms with Crippen molar-refractivity contribution in [2.75, 3.05) is 23.1 Å². The molecule has 6 heteroatoms. The molecular formula is C12H18N4OS. The van der Waals surface area contributed by atoms with Gasteiger partial charge in [-0.2, -0.15) is 5.10 Å². The van der Waals surface area contributed by atoms with Crippen molar-refractivity contribution in [2.24, 2.45) is 0 Å². The highest BCUT2D eigenvalue weighted by molar-refractivity contribution is 7.84. The van der Waals surface area contributed by atoms with Gasteiger partial charge in [0.05, 0.1) is 23.1 Å². The molecule has 4 N–H and O–H groups in total. The van der Waals surface area contributed by atoms with Crippen LogP contribution in [0.15, 0.2) is 18.3 Å². The zero-order chi connectivity index (χ0) is 13.1. The van der Waals surface area contributed by atoms with Gasteiger partial charge in [0.1, 0.15) is 0 Å². The number of benzene rings is 1. The zero-order valence-electron chi connectivity index (χ0n) is 10.6. The fraction of sp³-hybridized carbons (Fsp3) is 0.417. The Morgan fingerprint density at radius 1 is 1.56 bits per heavy atom. The molecule has 98 valence electrons. The minimum Gasteiger partial charge on any atom is -0.397 e. The second-order valence-electron chi connectivity index (χ2n) is 4.51. The van der Waals surface area contributed by atoms with Crippen LogP contribution in [-0.4, -0.2) is 32.5 Å². The van der Waals surface area contributed by atoms with Gasteiger partial charge >= 0.3 is 0 Å². The van der Waals surface area contributed by atoms with E-state index in [9.17, 15) is 4.21 Å². The Morgan fingerprint density at radius 3 is 3.06 bits per heavy atom. The van der Waals surface area contributed by atoms with E-state index in [-0.39, 0.29) is 6.04 Å². The predicted octanol–water partition coefficient (Wildman–Crippen LogP) is 1.71. The molecule has 0 aliphatic heterocycles. The van der Waals surface area contributed by atoms with Crippen LogP contribution in [0.1, 0.15) is 13.3 Å². The van der Waals surface area contributed by atoms with Crippen LogP contribution in [0, 0.1) is 0 Å². The van der Waals surface area contributed by atoms with Crippen molar-refractivity contribution in [3.63, 3.8) is 0 Å². The quantitative estimate of drug-likeness (QED) is 0.719. The summed E-state index contributed by atoms with van der Waals surface area (Å²) < 4.78 is 11.1. The van der Waals surface area contributed by atoms with Crippen LogP contribution in [0.3, 0.4) is 0 Å². The summed E-state index contributed by atoms with van der Waals surface area (Å²) in [5.41, 5.74) is 8.53. The third kappa shape index (κ3) is 3.01. The van der Waals surface area contributed by atoms with E-state index in [1.54, 1.807) is 12.5 Å². The Labute approximate surface area is 109 Å². The monoisotopic (exact) mass is 266 g/mol. The summed E-state index contributed by atoms with van der Waals surface area (Å²) in [7, 11) is -0.753. The van der Waals surface area contributed by atoms with E-state index in [1.165, 1.54) is 0 Å². The van der Waals surface area contributed by atoms with Crippen molar-refractivity contribution >= 4 is 33.1 Å². The maximum Gasteiger partial charge on any atom is 0.0672 e. The number of nitrogen functional groups attached to an aromatic ring is 1. The standard InChI is InChI=1S/C12H18N4OS/c1-8(3-4-18(2)17)15-12-6-11-9(5-10(12)13)7-14-16-11/h5-8,15H,3-4,13H2,1-2H3,(H,14,16). The highest BCUT2D eigenvalue weighted by atomic mass is 32.2. The first-order valence-corrected chi connectivity index (χ1v) is 7.58. The number of anilines is 2. The van der Waals surface area contributed by atoms with Crippen molar-refractivity contribution in [2.45, 2.75) is 19.4 Å². The molecule has 1 aromatic carbocycles. The summed E-state index contributed by atoms with van der Waals surface area (Å²) in [6.07, 6.45) is 4.32. The number of H-pyrrole nitrogens is 1. The van der Waals surface area contributed by atoms with E-state index in [1.807, 2.05) is 12.1 Å². The molecule has 0 radical (unpaired) electrons. The topological polar surface area (TPSA) is 83.8 Å². The second kappa shape index (κ2) is 5.39. The van der Waals surface area contributed by atoms with Crippen LogP contribution >= 0.6 is 0 Å². The van der Waals surface area contributed by atoms with Crippen LogP contribution < -0.4 is 11.1 Å². The number of fused-ring (bicyclic) bond motifs is 1. The fourth-order valence-corrected chi connectivity index (χ4v) is 2.50. The molecule has 0 saturated heterocycles. The van der Waals surface area contributed by atoms with E-state index < -0.39 is 10.8 Å². The Morgan fingerprint density at radius 2 is 2.33 bits per heavy atom. The molecule has 5 nitrogen and oxygen atoms in total. The van der Waals surface area contributed by atoms with Crippen molar-refractivity contribution in [1.82, 2.24) is 10.2 Å². The van der Waals surface area contributed by atoms with Gasteiger partial charge in [0.25, 0.3) is 0 Å². The average Bonchev–Trinajstić information content (AvgIpc) is 2.74. The molecule has 2 atom stereocenters. The third-order valence-corrected chi connectivity index (χ3v) is 3.66. The second-order valence-corrected chi connectivity index (χ2v) is 6.06. The Kier molecular flexibility index (Phi) is 3.86. The molecule has 1 heterocycles. The SMILES string of the molecule is CC(CCS(C)=O)Nc1cc2[nH]ncc2cc1N. The number of aromatic nitrogens is 2. The molecule has 0 aliphatic rings. The molecular weight excluding hydrogens is 248 g/mol. The van der Waals surface area contributed by atoms with E-state index in [4.69, 9.17) is 5.73 Å². The average molecular weight is 266 g/mol. The van der Waals surface area contributed by atoms with Gasteiger partial charge in [-0.3, -0.25) is 9.31 Å². The number of hydrogen-bond donors (Lipinski definition) is 3. The largest absolute Gasteiger partial charge is 0.397 e. The van der Waals surface area contributed by atoms with Gasteiger partial charge in [0.2, 0.25) is 0 Å². The van der Waals surface area contributed by atoms with E-state index in [2.05, 4.69) is 22.4 Å². The Balaban J connectivity index is 2.10. The van der Waals surface area contributed by atoms with Crippen molar-refractivity contribution < 1.29 is 4.21 Å². The molecule has 0 spiro atoms. The lowest BCUT2D eigenvalue weighted by Crippen LogP contribution is -2.18. The van der Waals surface area contributed by atoms with Crippen LogP contribution in [0.25, 0.3) is 10.9 Å². The number of aromatic amines is 1. The summed E-state index contributed by atoms with van der Waals surface area (Å²) in [6, 6.07) is 4.08. The number of nitrogens with one attached hydrogen (secondary N) is 2. The van der Waals surface area contributed by atoms with Crippen molar-refractivity contribution in [3.8, 4) is 0 Å². The van der Waals surface area contributed by atoms with E-state index in [0.717, 1.165) is 23.0 Å². The van der Waals surface area contributed by atoms with Gasteiger partial charge in [-0.25, -0.2) is 0 Å². The molecule has 2 aromatic rings. The molecule has 0 amide bonds. The van der Waals surface area contributed by atoms with Crippen LogP contribution in [0.2, 0.25) is 0 Å². The smallest absolute Gasteiger partial charge is 0.0672 e. The first-order chi connectivity index (χ1) is 8.56. The van der Waals surface area contributed by atoms with Crippen LogP contribution in [0.5, 0.6) is 0 Å². The molecule has 0 aliphatic carbocycles. The minimum atomic E-state index is -0.753. The van der Waals surface area contributed by atoms with E-state index in [0.29, 0.717) is 11.4 Å². The summed E-state index contributed by atoms with van der Waals surface area (Å²) in [5.74, 6) is 0.695. The van der Waals surface area contributed by atoms with Gasteiger partial charge < -0.3 is 11.1 Å². The third-order valence-electron chi connectivity index (χ3n) is 2.85. The number of nitrogens with zero attached hydrogens (tertiary/aromatic N) is 1. The normalized spacial score (nSPS) is 14.6. The van der Waals surface area contributed by atoms with Gasteiger partial charge in [0.15, 0.2) is 0 Å². The van der Waals surface area contributed by atoms with Gasteiger partial charge in [-0.15, -0.1) is 0 Å². The molecule has 1 aromatic heterocycles. The summed E-state index contributed by atoms with van der Waals surface area (Å²) in [6.45, 7) is 2.06. The van der Waals surface area contributed by atoms with Crippen molar-refractivity contribution in [1.29, 1.82) is 0 Å². The van der Waals surface area contributed by atoms with Gasteiger partial charge in [-0.05, 0) is 25.5 Å². The molecule has 2 unspecified atom stereocenters. The Bertz CT molecular complexity index is 566. The lowest BCUT2D eigenvalue weighted by atomic mass is 10.2. The summed E-state index contributed by atoms with van der Waals surface area (Å²) in [5, 5.41) is 11.2. The number of rotatable bonds is 5. The fourth-order valence-electron chi connectivity index (χ4n) is 1.81. The summed E-state index contributed by atoms with van der Waals surface area (Å²) in [4.78, 5) is 0. The summed E-state index contributed by atoms with van der Waals surface area (Å²) >= 11 is 0. The Hall–Kier alpha value is -1.56. The van der Waals surface area contributed by atoms with Crippen molar-refractivity contribution in [3.05, 3.63) is 18.3 Å². The molecule has 0 fully saturated rings. The molecule has 2 rings (SSSR count). The van der Waals surface area contributed by atoms with E-state index >= 15 is 0 Å². The van der Waals surface area contributed by atoms with Crippen LogP contribution in [0.4, 0.5) is 11.4 Å². The van der Waals surface area contributed by atoms with Gasteiger partial charge in [0, 0.05) is 34.2 Å². The molecule has 18 heavy (non-hydrogen) atoms. The van der Waals surface area contributed by atoms with Gasteiger partial charge in [-0.1, -0.05) is 0 Å². The molecule has 0 bridgehead atoms. The predicted molar refractivity (Wildman–Crippen MR) is 77.1 cm³/mol. The number of nitrogens with two attached hydrogens (primary N) is 1. The lowest BCUT2D eigenvalue weighted by molar-refractivity contribution is 0.678. The highest BCUT2D eigenvalue weighted by Crippen LogP contribution is 2.25.